The molecule has 0 aromatic carbocycles. The summed E-state index contributed by atoms with van der Waals surface area (Å²) in [5, 5.41) is 3.29. The molecule has 0 saturated heterocycles. The lowest BCUT2D eigenvalue weighted by Crippen LogP contribution is -2.16. The average Bonchev–Trinajstić information content (AvgIpc) is 2.22. The third kappa shape index (κ3) is 3.55. The van der Waals surface area contributed by atoms with Gasteiger partial charge in [0, 0.05) is 6.54 Å². The summed E-state index contributed by atoms with van der Waals surface area (Å²) >= 11 is 2.31. The highest BCUT2D eigenvalue weighted by Gasteiger charge is 2.10. The van der Waals surface area contributed by atoms with Crippen LogP contribution in [0, 0.1) is 3.57 Å². The number of hydrogen-bond donors (Lipinski definition) is 1. The molecule has 0 spiro atoms. The molecule has 0 aliphatic carbocycles. The van der Waals surface area contributed by atoms with Crippen molar-refractivity contribution in [3.63, 3.8) is 0 Å². The predicted octanol–water partition coefficient (Wildman–Crippen LogP) is 2.14. The van der Waals surface area contributed by atoms with Crippen LogP contribution in [0.4, 0.5) is 5.82 Å². The Bertz CT molecular complexity index is 352. The SMILES string of the molecule is CCNc1nc(CN(C)C)nc(CC)c1I. The second-order valence-corrected chi connectivity index (χ2v) is 4.95. The van der Waals surface area contributed by atoms with Gasteiger partial charge in [0.2, 0.25) is 0 Å². The van der Waals surface area contributed by atoms with E-state index in [0.29, 0.717) is 0 Å². The number of aryl methyl sites for hydroxylation is 1. The van der Waals surface area contributed by atoms with Gasteiger partial charge in [0.15, 0.2) is 0 Å². The van der Waals surface area contributed by atoms with Gasteiger partial charge in [-0.3, -0.25) is 0 Å². The minimum absolute atomic E-state index is 0.780. The van der Waals surface area contributed by atoms with Crippen molar-refractivity contribution in [3.05, 3.63) is 15.1 Å². The van der Waals surface area contributed by atoms with Gasteiger partial charge in [-0.25, -0.2) is 9.97 Å². The number of rotatable bonds is 5. The monoisotopic (exact) mass is 334 g/mol. The summed E-state index contributed by atoms with van der Waals surface area (Å²) in [6, 6.07) is 0. The van der Waals surface area contributed by atoms with Crippen molar-refractivity contribution < 1.29 is 0 Å². The Balaban J connectivity index is 3.07. The highest BCUT2D eigenvalue weighted by Crippen LogP contribution is 2.19. The summed E-state index contributed by atoms with van der Waals surface area (Å²) in [6.07, 6.45) is 0.944. The number of aromatic nitrogens is 2. The van der Waals surface area contributed by atoms with Gasteiger partial charge in [0.05, 0.1) is 15.8 Å². The topological polar surface area (TPSA) is 41.1 Å². The van der Waals surface area contributed by atoms with E-state index in [1.54, 1.807) is 0 Å². The van der Waals surface area contributed by atoms with Crippen molar-refractivity contribution in [1.82, 2.24) is 14.9 Å². The minimum atomic E-state index is 0.780. The standard InChI is InChI=1S/C11H19IN4/c1-5-8-10(12)11(13-6-2)15-9(14-8)7-16(3)4/h5-7H2,1-4H3,(H,13,14,15). The average molecular weight is 334 g/mol. The van der Waals surface area contributed by atoms with Crippen molar-refractivity contribution in [2.45, 2.75) is 26.8 Å². The van der Waals surface area contributed by atoms with Gasteiger partial charge in [-0.15, -0.1) is 0 Å². The molecule has 5 heteroatoms. The van der Waals surface area contributed by atoms with Gasteiger partial charge < -0.3 is 10.2 Å². The smallest absolute Gasteiger partial charge is 0.145 e. The summed E-state index contributed by atoms with van der Waals surface area (Å²) in [4.78, 5) is 11.2. The van der Waals surface area contributed by atoms with Crippen LogP contribution in [0.5, 0.6) is 0 Å². The van der Waals surface area contributed by atoms with E-state index in [2.05, 4.69) is 56.6 Å². The highest BCUT2D eigenvalue weighted by molar-refractivity contribution is 14.1. The molecule has 0 radical (unpaired) electrons. The lowest BCUT2D eigenvalue weighted by atomic mass is 10.3. The van der Waals surface area contributed by atoms with E-state index in [9.17, 15) is 0 Å². The molecule has 1 N–H and O–H groups in total. The molecular weight excluding hydrogens is 315 g/mol. The van der Waals surface area contributed by atoms with E-state index in [1.807, 2.05) is 14.1 Å². The number of anilines is 1. The Kier molecular flexibility index (Phi) is 5.40. The molecule has 0 unspecified atom stereocenters. The van der Waals surface area contributed by atoms with Crippen molar-refractivity contribution >= 4 is 28.4 Å². The molecule has 1 aromatic rings. The van der Waals surface area contributed by atoms with Crippen LogP contribution in [-0.2, 0) is 13.0 Å². The zero-order chi connectivity index (χ0) is 12.1. The van der Waals surface area contributed by atoms with Gasteiger partial charge in [0.1, 0.15) is 11.6 Å². The second-order valence-electron chi connectivity index (χ2n) is 3.87. The Labute approximate surface area is 111 Å². The lowest BCUT2D eigenvalue weighted by Gasteiger charge is -2.13. The maximum absolute atomic E-state index is 4.57. The number of halogens is 1. The first kappa shape index (κ1) is 13.6. The van der Waals surface area contributed by atoms with E-state index >= 15 is 0 Å². The van der Waals surface area contributed by atoms with Gasteiger partial charge in [-0.05, 0) is 50.0 Å². The molecule has 1 rings (SSSR count). The lowest BCUT2D eigenvalue weighted by molar-refractivity contribution is 0.390. The molecule has 0 bridgehead atoms. The van der Waals surface area contributed by atoms with E-state index in [1.165, 1.54) is 0 Å². The maximum Gasteiger partial charge on any atom is 0.145 e. The Hall–Kier alpha value is -0.430. The summed E-state index contributed by atoms with van der Waals surface area (Å²) in [6.45, 7) is 5.87. The summed E-state index contributed by atoms with van der Waals surface area (Å²) in [5.41, 5.74) is 1.13. The maximum atomic E-state index is 4.57. The van der Waals surface area contributed by atoms with E-state index < -0.39 is 0 Å². The van der Waals surface area contributed by atoms with Gasteiger partial charge >= 0.3 is 0 Å². The van der Waals surface area contributed by atoms with Crippen LogP contribution in [0.1, 0.15) is 25.4 Å². The van der Waals surface area contributed by atoms with Crippen molar-refractivity contribution in [1.29, 1.82) is 0 Å². The van der Waals surface area contributed by atoms with Crippen LogP contribution in [0.25, 0.3) is 0 Å². The summed E-state index contributed by atoms with van der Waals surface area (Å²) in [5.74, 6) is 1.85. The van der Waals surface area contributed by atoms with Crippen LogP contribution in [-0.4, -0.2) is 35.5 Å². The highest BCUT2D eigenvalue weighted by atomic mass is 127. The van der Waals surface area contributed by atoms with Gasteiger partial charge in [-0.1, -0.05) is 6.92 Å². The number of nitrogens with zero attached hydrogens (tertiary/aromatic N) is 3. The molecule has 0 aliphatic rings. The molecule has 0 aliphatic heterocycles. The van der Waals surface area contributed by atoms with Gasteiger partial charge in [-0.2, -0.15) is 0 Å². The van der Waals surface area contributed by atoms with E-state index in [0.717, 1.165) is 40.4 Å². The molecule has 0 fully saturated rings. The third-order valence-corrected chi connectivity index (χ3v) is 3.24. The fourth-order valence-electron chi connectivity index (χ4n) is 1.42. The molecular formula is C11H19IN4. The van der Waals surface area contributed by atoms with Crippen molar-refractivity contribution in [3.8, 4) is 0 Å². The van der Waals surface area contributed by atoms with E-state index in [4.69, 9.17) is 0 Å². The molecule has 90 valence electrons. The molecule has 4 nitrogen and oxygen atoms in total. The van der Waals surface area contributed by atoms with Crippen molar-refractivity contribution in [2.75, 3.05) is 26.0 Å². The summed E-state index contributed by atoms with van der Waals surface area (Å²) in [7, 11) is 4.06. The van der Waals surface area contributed by atoms with Crippen molar-refractivity contribution in [2.24, 2.45) is 0 Å². The fourth-order valence-corrected chi connectivity index (χ4v) is 2.23. The van der Waals surface area contributed by atoms with Crippen LogP contribution in [0.2, 0.25) is 0 Å². The number of nitrogens with one attached hydrogen (secondary N) is 1. The Morgan fingerprint density at radius 2 is 1.94 bits per heavy atom. The zero-order valence-electron chi connectivity index (χ0n) is 10.3. The molecule has 1 aromatic heterocycles. The second kappa shape index (κ2) is 6.34. The van der Waals surface area contributed by atoms with Crippen LogP contribution >= 0.6 is 22.6 Å². The quantitative estimate of drug-likeness (QED) is 0.838. The molecule has 16 heavy (non-hydrogen) atoms. The third-order valence-electron chi connectivity index (χ3n) is 2.10. The summed E-state index contributed by atoms with van der Waals surface area (Å²) < 4.78 is 1.14. The molecule has 1 heterocycles. The molecule has 0 amide bonds. The van der Waals surface area contributed by atoms with Crippen LogP contribution in [0.15, 0.2) is 0 Å². The van der Waals surface area contributed by atoms with Crippen LogP contribution < -0.4 is 5.32 Å². The normalized spacial score (nSPS) is 10.9. The Morgan fingerprint density at radius 1 is 1.25 bits per heavy atom. The van der Waals surface area contributed by atoms with E-state index in [-0.39, 0.29) is 0 Å². The molecule has 0 saturated carbocycles. The first-order valence-corrected chi connectivity index (χ1v) is 6.60. The predicted molar refractivity (Wildman–Crippen MR) is 75.7 cm³/mol. The van der Waals surface area contributed by atoms with Crippen LogP contribution in [0.3, 0.4) is 0 Å². The Morgan fingerprint density at radius 3 is 2.44 bits per heavy atom. The minimum Gasteiger partial charge on any atom is -0.369 e. The number of hydrogen-bond acceptors (Lipinski definition) is 4. The zero-order valence-corrected chi connectivity index (χ0v) is 12.5. The molecule has 0 atom stereocenters. The fraction of sp³-hybridized carbons (Fsp3) is 0.636. The first-order chi connectivity index (χ1) is 7.58. The largest absolute Gasteiger partial charge is 0.369 e. The van der Waals surface area contributed by atoms with Gasteiger partial charge in [0.25, 0.3) is 0 Å². The first-order valence-electron chi connectivity index (χ1n) is 5.52.